The van der Waals surface area contributed by atoms with E-state index in [0.29, 0.717) is 12.2 Å². The predicted octanol–water partition coefficient (Wildman–Crippen LogP) is 4.84. The fraction of sp³-hybridized carbons (Fsp3) is 0.0455. The van der Waals surface area contributed by atoms with Crippen molar-refractivity contribution >= 4 is 18.1 Å². The van der Waals surface area contributed by atoms with Crippen molar-refractivity contribution in [2.75, 3.05) is 0 Å². The van der Waals surface area contributed by atoms with Gasteiger partial charge in [-0.1, -0.05) is 66.7 Å². The molecular weight excluding hydrogens is 328 g/mol. The van der Waals surface area contributed by atoms with Gasteiger partial charge in [0.15, 0.2) is 0 Å². The molecular formula is C22H18O4. The lowest BCUT2D eigenvalue weighted by Gasteiger charge is -2.09. The molecule has 0 aliphatic carbocycles. The molecule has 0 heterocycles. The molecule has 0 saturated heterocycles. The average Bonchev–Trinajstić information content (AvgIpc) is 2.66. The number of hydrogen-bond donors (Lipinski definition) is 2. The van der Waals surface area contributed by atoms with Gasteiger partial charge < -0.3 is 14.9 Å². The maximum absolute atomic E-state index is 11.0. The van der Waals surface area contributed by atoms with E-state index in [9.17, 15) is 9.90 Å². The highest BCUT2D eigenvalue weighted by molar-refractivity contribution is 5.91. The van der Waals surface area contributed by atoms with Crippen LogP contribution in [0.1, 0.15) is 27.0 Å². The van der Waals surface area contributed by atoms with Crippen molar-refractivity contribution in [1.82, 2.24) is 0 Å². The Morgan fingerprint density at radius 3 is 2.38 bits per heavy atom. The molecule has 3 rings (SSSR count). The predicted molar refractivity (Wildman–Crippen MR) is 101 cm³/mol. The molecule has 0 bridgehead atoms. The largest absolute Gasteiger partial charge is 0.507 e. The molecule has 0 aromatic heterocycles. The van der Waals surface area contributed by atoms with Crippen molar-refractivity contribution < 1.29 is 19.7 Å². The first-order valence-electron chi connectivity index (χ1n) is 8.13. The van der Waals surface area contributed by atoms with E-state index in [2.05, 4.69) is 0 Å². The van der Waals surface area contributed by atoms with Gasteiger partial charge in [0, 0.05) is 5.56 Å². The van der Waals surface area contributed by atoms with E-state index in [1.165, 1.54) is 12.1 Å². The first-order valence-corrected chi connectivity index (χ1v) is 8.13. The van der Waals surface area contributed by atoms with Crippen LogP contribution < -0.4 is 4.74 Å². The summed E-state index contributed by atoms with van der Waals surface area (Å²) < 4.78 is 5.91. The van der Waals surface area contributed by atoms with Gasteiger partial charge in [-0.05, 0) is 29.3 Å². The SMILES string of the molecule is O=C(O)c1ccc(C=Cc2ccccc2OCc2ccccc2)cc1O. The van der Waals surface area contributed by atoms with Crippen molar-refractivity contribution in [2.45, 2.75) is 6.61 Å². The third-order valence-corrected chi connectivity index (χ3v) is 3.86. The molecule has 130 valence electrons. The topological polar surface area (TPSA) is 66.8 Å². The number of phenols is 1. The lowest BCUT2D eigenvalue weighted by molar-refractivity contribution is 0.0693. The molecule has 0 aliphatic heterocycles. The number of benzene rings is 3. The van der Waals surface area contributed by atoms with E-state index in [0.717, 1.165) is 16.9 Å². The van der Waals surface area contributed by atoms with Crippen LogP contribution in [-0.2, 0) is 6.61 Å². The summed E-state index contributed by atoms with van der Waals surface area (Å²) in [5.41, 5.74) is 2.56. The normalized spacial score (nSPS) is 10.8. The van der Waals surface area contributed by atoms with Crippen LogP contribution in [0.4, 0.5) is 0 Å². The molecule has 2 N–H and O–H groups in total. The van der Waals surface area contributed by atoms with Gasteiger partial charge >= 0.3 is 5.97 Å². The molecule has 0 radical (unpaired) electrons. The van der Waals surface area contributed by atoms with Crippen LogP contribution in [0, 0.1) is 0 Å². The van der Waals surface area contributed by atoms with E-state index in [1.807, 2.05) is 60.7 Å². The Labute approximate surface area is 151 Å². The highest BCUT2D eigenvalue weighted by atomic mass is 16.5. The summed E-state index contributed by atoms with van der Waals surface area (Å²) in [6, 6.07) is 22.0. The van der Waals surface area contributed by atoms with Crippen molar-refractivity contribution in [2.24, 2.45) is 0 Å². The second kappa shape index (κ2) is 8.03. The summed E-state index contributed by atoms with van der Waals surface area (Å²) in [6.45, 7) is 0.472. The molecule has 0 saturated carbocycles. The Morgan fingerprint density at radius 1 is 0.923 bits per heavy atom. The molecule has 0 atom stereocenters. The molecule has 0 unspecified atom stereocenters. The summed E-state index contributed by atoms with van der Waals surface area (Å²) in [6.07, 6.45) is 3.67. The van der Waals surface area contributed by atoms with Gasteiger partial charge in [0.05, 0.1) is 0 Å². The van der Waals surface area contributed by atoms with Crippen LogP contribution in [0.25, 0.3) is 12.2 Å². The Hall–Kier alpha value is -3.53. The smallest absolute Gasteiger partial charge is 0.339 e. The zero-order chi connectivity index (χ0) is 18.4. The number of hydrogen-bond acceptors (Lipinski definition) is 3. The molecule has 0 aliphatic rings. The molecule has 0 spiro atoms. The lowest BCUT2D eigenvalue weighted by Crippen LogP contribution is -1.96. The van der Waals surface area contributed by atoms with Crippen LogP contribution in [0.5, 0.6) is 11.5 Å². The minimum atomic E-state index is -1.15. The highest BCUT2D eigenvalue weighted by Gasteiger charge is 2.08. The van der Waals surface area contributed by atoms with E-state index >= 15 is 0 Å². The summed E-state index contributed by atoms with van der Waals surface area (Å²) in [7, 11) is 0. The summed E-state index contributed by atoms with van der Waals surface area (Å²) >= 11 is 0. The van der Waals surface area contributed by atoms with E-state index < -0.39 is 5.97 Å². The summed E-state index contributed by atoms with van der Waals surface area (Å²) in [5, 5.41) is 18.7. The maximum atomic E-state index is 11.0. The van der Waals surface area contributed by atoms with Crippen LogP contribution >= 0.6 is 0 Å². The van der Waals surface area contributed by atoms with Gasteiger partial charge in [0.1, 0.15) is 23.7 Å². The Bertz CT molecular complexity index is 930. The van der Waals surface area contributed by atoms with Crippen LogP contribution in [0.15, 0.2) is 72.8 Å². The van der Waals surface area contributed by atoms with Crippen LogP contribution in [-0.4, -0.2) is 16.2 Å². The van der Waals surface area contributed by atoms with Crippen LogP contribution in [0.2, 0.25) is 0 Å². The van der Waals surface area contributed by atoms with Gasteiger partial charge in [0.2, 0.25) is 0 Å². The maximum Gasteiger partial charge on any atom is 0.339 e. The molecule has 0 amide bonds. The summed E-state index contributed by atoms with van der Waals surface area (Å²) in [4.78, 5) is 11.0. The quantitative estimate of drug-likeness (QED) is 0.627. The minimum absolute atomic E-state index is 0.117. The number of carboxylic acids is 1. The first kappa shape index (κ1) is 17.3. The Balaban J connectivity index is 1.76. The van der Waals surface area contributed by atoms with E-state index in [-0.39, 0.29) is 11.3 Å². The van der Waals surface area contributed by atoms with Crippen molar-refractivity contribution in [3.63, 3.8) is 0 Å². The molecule has 4 heteroatoms. The lowest BCUT2D eigenvalue weighted by atomic mass is 10.1. The molecule has 0 fully saturated rings. The van der Waals surface area contributed by atoms with Gasteiger partial charge in [-0.2, -0.15) is 0 Å². The number of para-hydroxylation sites is 1. The number of carbonyl (C=O) groups is 1. The fourth-order valence-corrected chi connectivity index (χ4v) is 2.50. The average molecular weight is 346 g/mol. The number of aromatic carboxylic acids is 1. The number of aromatic hydroxyl groups is 1. The monoisotopic (exact) mass is 346 g/mol. The molecule has 4 nitrogen and oxygen atoms in total. The number of rotatable bonds is 6. The molecule has 3 aromatic rings. The third-order valence-electron chi connectivity index (χ3n) is 3.86. The van der Waals surface area contributed by atoms with Crippen molar-refractivity contribution in [3.8, 4) is 11.5 Å². The number of carboxylic acid groups (broad SMARTS) is 1. The van der Waals surface area contributed by atoms with Crippen LogP contribution in [0.3, 0.4) is 0 Å². The van der Waals surface area contributed by atoms with E-state index in [1.54, 1.807) is 12.1 Å². The number of ether oxygens (including phenoxy) is 1. The van der Waals surface area contributed by atoms with Gasteiger partial charge in [0.25, 0.3) is 0 Å². The second-order valence-corrected chi connectivity index (χ2v) is 5.73. The van der Waals surface area contributed by atoms with Gasteiger partial charge in [-0.25, -0.2) is 4.79 Å². The highest BCUT2D eigenvalue weighted by Crippen LogP contribution is 2.24. The first-order chi connectivity index (χ1) is 12.6. The fourth-order valence-electron chi connectivity index (χ4n) is 2.50. The van der Waals surface area contributed by atoms with Crippen molar-refractivity contribution in [3.05, 3.63) is 95.1 Å². The zero-order valence-corrected chi connectivity index (χ0v) is 14.0. The summed E-state index contributed by atoms with van der Waals surface area (Å²) in [5.74, 6) is -0.662. The zero-order valence-electron chi connectivity index (χ0n) is 14.0. The Kier molecular flexibility index (Phi) is 5.34. The van der Waals surface area contributed by atoms with Gasteiger partial charge in [-0.15, -0.1) is 0 Å². The molecule has 26 heavy (non-hydrogen) atoms. The van der Waals surface area contributed by atoms with Gasteiger partial charge in [-0.3, -0.25) is 0 Å². The minimum Gasteiger partial charge on any atom is -0.507 e. The standard InChI is InChI=1S/C22H18O4/c23-20-14-16(11-13-19(20)22(24)25)10-12-18-8-4-5-9-21(18)26-15-17-6-2-1-3-7-17/h1-14,23H,15H2,(H,24,25). The third kappa shape index (κ3) is 4.30. The second-order valence-electron chi connectivity index (χ2n) is 5.73. The Morgan fingerprint density at radius 2 is 1.65 bits per heavy atom. The molecule has 3 aromatic carbocycles. The van der Waals surface area contributed by atoms with Crippen molar-refractivity contribution in [1.29, 1.82) is 0 Å². The van der Waals surface area contributed by atoms with E-state index in [4.69, 9.17) is 9.84 Å².